The molecule has 0 bridgehead atoms. The lowest BCUT2D eigenvalue weighted by atomic mass is 10.2. The van der Waals surface area contributed by atoms with Gasteiger partial charge in [-0.05, 0) is 48.7 Å². The Labute approximate surface area is 144 Å². The van der Waals surface area contributed by atoms with Gasteiger partial charge in [-0.3, -0.25) is 4.99 Å². The van der Waals surface area contributed by atoms with Crippen molar-refractivity contribution < 1.29 is 14.3 Å². The van der Waals surface area contributed by atoms with Gasteiger partial charge in [-0.1, -0.05) is 17.7 Å². The largest absolute Gasteiger partial charge is 0.478 e. The molecule has 0 unspecified atom stereocenters. The minimum absolute atomic E-state index is 0.0121. The highest BCUT2D eigenvalue weighted by Gasteiger charge is 2.15. The SMILES string of the molecule is O=C(O)c1cc(N=Cc2ccc(N3CCCC3)c(F)c2)ccc1Cl. The minimum atomic E-state index is -1.11. The number of anilines is 1. The number of benzene rings is 2. The van der Waals surface area contributed by atoms with Crippen molar-refractivity contribution >= 4 is 35.2 Å². The lowest BCUT2D eigenvalue weighted by Gasteiger charge is -2.18. The third-order valence-electron chi connectivity index (χ3n) is 3.96. The molecule has 0 radical (unpaired) electrons. The maximum Gasteiger partial charge on any atom is 0.337 e. The molecule has 0 amide bonds. The van der Waals surface area contributed by atoms with E-state index in [9.17, 15) is 9.18 Å². The quantitative estimate of drug-likeness (QED) is 0.827. The number of nitrogens with zero attached hydrogens (tertiary/aromatic N) is 2. The summed E-state index contributed by atoms with van der Waals surface area (Å²) >= 11 is 5.82. The van der Waals surface area contributed by atoms with E-state index < -0.39 is 5.97 Å². The molecule has 124 valence electrons. The van der Waals surface area contributed by atoms with Crippen LogP contribution in [0.25, 0.3) is 0 Å². The Kier molecular flexibility index (Phi) is 4.81. The van der Waals surface area contributed by atoms with E-state index in [4.69, 9.17) is 16.7 Å². The first-order valence-corrected chi connectivity index (χ1v) is 8.04. The van der Waals surface area contributed by atoms with Gasteiger partial charge in [-0.15, -0.1) is 0 Å². The third kappa shape index (κ3) is 3.57. The van der Waals surface area contributed by atoms with Gasteiger partial charge in [0.15, 0.2) is 0 Å². The van der Waals surface area contributed by atoms with Crippen LogP contribution in [0, 0.1) is 5.82 Å². The highest BCUT2D eigenvalue weighted by atomic mass is 35.5. The van der Waals surface area contributed by atoms with Gasteiger partial charge in [0.05, 0.1) is 22.0 Å². The lowest BCUT2D eigenvalue weighted by Crippen LogP contribution is -2.18. The van der Waals surface area contributed by atoms with E-state index in [2.05, 4.69) is 4.99 Å². The number of hydrogen-bond donors (Lipinski definition) is 1. The number of carboxylic acids is 1. The average Bonchev–Trinajstić information content (AvgIpc) is 3.08. The maximum atomic E-state index is 14.3. The van der Waals surface area contributed by atoms with Gasteiger partial charge in [0.2, 0.25) is 0 Å². The van der Waals surface area contributed by atoms with E-state index in [0.717, 1.165) is 25.9 Å². The van der Waals surface area contributed by atoms with Crippen LogP contribution in [0.1, 0.15) is 28.8 Å². The summed E-state index contributed by atoms with van der Waals surface area (Å²) in [6, 6.07) is 9.47. The summed E-state index contributed by atoms with van der Waals surface area (Å²) < 4.78 is 14.3. The topological polar surface area (TPSA) is 52.9 Å². The first kappa shape index (κ1) is 16.5. The first-order valence-electron chi connectivity index (χ1n) is 7.66. The molecule has 0 spiro atoms. The van der Waals surface area contributed by atoms with Gasteiger partial charge < -0.3 is 10.0 Å². The van der Waals surface area contributed by atoms with Gasteiger partial charge in [-0.25, -0.2) is 9.18 Å². The van der Waals surface area contributed by atoms with Crippen LogP contribution in [0.4, 0.5) is 15.8 Å². The summed E-state index contributed by atoms with van der Waals surface area (Å²) in [6.45, 7) is 1.76. The average molecular weight is 347 g/mol. The van der Waals surface area contributed by atoms with Crippen LogP contribution in [0.5, 0.6) is 0 Å². The molecule has 1 aliphatic rings. The van der Waals surface area contributed by atoms with Gasteiger partial charge in [0.1, 0.15) is 5.82 Å². The minimum Gasteiger partial charge on any atom is -0.478 e. The van der Waals surface area contributed by atoms with Crippen molar-refractivity contribution in [3.05, 3.63) is 58.4 Å². The van der Waals surface area contributed by atoms with E-state index in [1.807, 2.05) is 4.90 Å². The predicted octanol–water partition coefficient (Wildman–Crippen LogP) is 4.53. The molecule has 0 aliphatic carbocycles. The smallest absolute Gasteiger partial charge is 0.337 e. The van der Waals surface area contributed by atoms with E-state index in [1.54, 1.807) is 18.2 Å². The zero-order valence-corrected chi connectivity index (χ0v) is 13.6. The van der Waals surface area contributed by atoms with Crippen LogP contribution in [0.2, 0.25) is 5.02 Å². The van der Waals surface area contributed by atoms with Gasteiger partial charge in [0.25, 0.3) is 0 Å². The van der Waals surface area contributed by atoms with Crippen molar-refractivity contribution in [3.8, 4) is 0 Å². The van der Waals surface area contributed by atoms with Crippen LogP contribution in [-0.4, -0.2) is 30.4 Å². The molecule has 24 heavy (non-hydrogen) atoms. The molecule has 1 fully saturated rings. The second-order valence-corrected chi connectivity index (χ2v) is 6.04. The molecule has 3 rings (SSSR count). The van der Waals surface area contributed by atoms with Crippen molar-refractivity contribution in [2.45, 2.75) is 12.8 Å². The molecule has 1 heterocycles. The van der Waals surface area contributed by atoms with Crippen LogP contribution in [-0.2, 0) is 0 Å². The highest BCUT2D eigenvalue weighted by Crippen LogP contribution is 2.25. The second kappa shape index (κ2) is 7.01. The van der Waals surface area contributed by atoms with Crippen LogP contribution < -0.4 is 4.90 Å². The van der Waals surface area contributed by atoms with Crippen molar-refractivity contribution in [1.29, 1.82) is 0 Å². The van der Waals surface area contributed by atoms with Gasteiger partial charge in [0, 0.05) is 19.3 Å². The standard InChI is InChI=1S/C18H16ClFN2O2/c19-15-5-4-13(10-14(15)18(23)24)21-11-12-3-6-17(16(20)9-12)22-7-1-2-8-22/h3-6,9-11H,1-2,7-8H2,(H,23,24). The number of rotatable bonds is 4. The van der Waals surface area contributed by atoms with Crippen molar-refractivity contribution in [1.82, 2.24) is 0 Å². The van der Waals surface area contributed by atoms with E-state index >= 15 is 0 Å². The number of aliphatic imine (C=N–C) groups is 1. The van der Waals surface area contributed by atoms with Crippen LogP contribution >= 0.6 is 11.6 Å². The molecule has 6 heteroatoms. The zero-order valence-electron chi connectivity index (χ0n) is 12.9. The Morgan fingerprint density at radius 2 is 1.96 bits per heavy atom. The summed E-state index contributed by atoms with van der Waals surface area (Å²) in [5.74, 6) is -1.39. The highest BCUT2D eigenvalue weighted by molar-refractivity contribution is 6.33. The number of hydrogen-bond acceptors (Lipinski definition) is 3. The Morgan fingerprint density at radius 3 is 2.62 bits per heavy atom. The van der Waals surface area contributed by atoms with E-state index in [0.29, 0.717) is 16.9 Å². The van der Waals surface area contributed by atoms with Gasteiger partial charge >= 0.3 is 5.97 Å². The molecule has 1 saturated heterocycles. The monoisotopic (exact) mass is 346 g/mol. The molecule has 2 aromatic carbocycles. The Bertz CT molecular complexity index is 802. The van der Waals surface area contributed by atoms with Gasteiger partial charge in [-0.2, -0.15) is 0 Å². The lowest BCUT2D eigenvalue weighted by molar-refractivity contribution is 0.0697. The van der Waals surface area contributed by atoms with E-state index in [-0.39, 0.29) is 16.4 Å². The number of carbonyl (C=O) groups is 1. The first-order chi connectivity index (χ1) is 11.5. The summed E-state index contributed by atoms with van der Waals surface area (Å²) in [7, 11) is 0. The fraction of sp³-hybridized carbons (Fsp3) is 0.222. The zero-order chi connectivity index (χ0) is 17.1. The van der Waals surface area contributed by atoms with Crippen molar-refractivity contribution in [3.63, 3.8) is 0 Å². The van der Waals surface area contributed by atoms with E-state index in [1.165, 1.54) is 24.4 Å². The molecule has 4 nitrogen and oxygen atoms in total. The van der Waals surface area contributed by atoms with Crippen molar-refractivity contribution in [2.75, 3.05) is 18.0 Å². The molecule has 1 aliphatic heterocycles. The molecular weight excluding hydrogens is 331 g/mol. The Hall–Kier alpha value is -2.40. The van der Waals surface area contributed by atoms with Crippen molar-refractivity contribution in [2.24, 2.45) is 4.99 Å². The summed E-state index contributed by atoms with van der Waals surface area (Å²) in [4.78, 5) is 17.3. The Morgan fingerprint density at radius 1 is 1.21 bits per heavy atom. The molecule has 1 N–H and O–H groups in total. The normalized spacial score (nSPS) is 14.5. The summed E-state index contributed by atoms with van der Waals surface area (Å²) in [6.07, 6.45) is 3.68. The van der Waals surface area contributed by atoms with Crippen LogP contribution in [0.3, 0.4) is 0 Å². The summed E-state index contributed by atoms with van der Waals surface area (Å²) in [5.41, 5.74) is 1.66. The fourth-order valence-electron chi connectivity index (χ4n) is 2.72. The molecule has 2 aromatic rings. The summed E-state index contributed by atoms with van der Waals surface area (Å²) in [5, 5.41) is 9.21. The molecule has 0 saturated carbocycles. The van der Waals surface area contributed by atoms with Crippen LogP contribution in [0.15, 0.2) is 41.4 Å². The fourth-order valence-corrected chi connectivity index (χ4v) is 2.92. The number of aromatic carboxylic acids is 1. The molecule has 0 aromatic heterocycles. The predicted molar refractivity (Wildman–Crippen MR) is 93.5 cm³/mol. The Balaban J connectivity index is 1.80. The second-order valence-electron chi connectivity index (χ2n) is 5.63. The molecule has 0 atom stereocenters. The number of halogens is 2. The number of carboxylic acid groups (broad SMARTS) is 1. The molecular formula is C18H16ClFN2O2. The maximum absolute atomic E-state index is 14.3. The third-order valence-corrected chi connectivity index (χ3v) is 4.29.